The minimum Gasteiger partial charge on any atom is -0.472 e. The number of hydrogen-bond donors (Lipinski definition) is 1. The summed E-state index contributed by atoms with van der Waals surface area (Å²) in [5, 5.41) is 10.2. The summed E-state index contributed by atoms with van der Waals surface area (Å²) in [6.45, 7) is 4.30. The van der Waals surface area contributed by atoms with E-state index in [9.17, 15) is 5.11 Å². The van der Waals surface area contributed by atoms with E-state index in [-0.39, 0.29) is 5.60 Å². The maximum atomic E-state index is 10.2. The SMILES string of the molecule is CC1(C)CC(O)(c2ccoc2)CO1. The molecule has 72 valence electrons. The van der Waals surface area contributed by atoms with Gasteiger partial charge in [0.05, 0.1) is 24.7 Å². The molecule has 1 aliphatic rings. The van der Waals surface area contributed by atoms with Crippen molar-refractivity contribution in [1.82, 2.24) is 0 Å². The van der Waals surface area contributed by atoms with Crippen molar-refractivity contribution in [2.75, 3.05) is 6.61 Å². The molecule has 1 saturated heterocycles. The van der Waals surface area contributed by atoms with E-state index >= 15 is 0 Å². The normalized spacial score (nSPS) is 32.2. The molecule has 1 fully saturated rings. The minimum absolute atomic E-state index is 0.244. The number of ether oxygens (including phenoxy) is 1. The molecule has 1 N–H and O–H groups in total. The largest absolute Gasteiger partial charge is 0.472 e. The average molecular weight is 182 g/mol. The Morgan fingerprint density at radius 2 is 2.23 bits per heavy atom. The smallest absolute Gasteiger partial charge is 0.119 e. The van der Waals surface area contributed by atoms with Gasteiger partial charge in [0.1, 0.15) is 5.60 Å². The number of rotatable bonds is 1. The molecule has 0 aliphatic carbocycles. The Balaban J connectivity index is 2.25. The Morgan fingerprint density at radius 3 is 2.69 bits per heavy atom. The Hall–Kier alpha value is -0.800. The van der Waals surface area contributed by atoms with Crippen LogP contribution in [0.5, 0.6) is 0 Å². The zero-order chi connectivity index (χ0) is 9.53. The number of aliphatic hydroxyl groups is 1. The predicted molar refractivity (Wildman–Crippen MR) is 47.3 cm³/mol. The van der Waals surface area contributed by atoms with E-state index in [1.807, 2.05) is 13.8 Å². The Morgan fingerprint density at radius 1 is 1.46 bits per heavy atom. The quantitative estimate of drug-likeness (QED) is 0.718. The maximum absolute atomic E-state index is 10.2. The maximum Gasteiger partial charge on any atom is 0.119 e. The molecule has 13 heavy (non-hydrogen) atoms. The van der Waals surface area contributed by atoms with Gasteiger partial charge in [-0.3, -0.25) is 0 Å². The molecule has 3 heteroatoms. The molecular formula is C10H14O3. The van der Waals surface area contributed by atoms with Gasteiger partial charge < -0.3 is 14.3 Å². The van der Waals surface area contributed by atoms with Crippen molar-refractivity contribution < 1.29 is 14.3 Å². The number of hydrogen-bond acceptors (Lipinski definition) is 3. The Labute approximate surface area is 77.3 Å². The fourth-order valence-corrected chi connectivity index (χ4v) is 1.84. The lowest BCUT2D eigenvalue weighted by Crippen LogP contribution is -2.27. The lowest BCUT2D eigenvalue weighted by Gasteiger charge is -2.20. The van der Waals surface area contributed by atoms with Crippen LogP contribution in [0.15, 0.2) is 23.0 Å². The second-order valence-corrected chi connectivity index (χ2v) is 4.27. The van der Waals surface area contributed by atoms with E-state index < -0.39 is 5.60 Å². The molecule has 0 saturated carbocycles. The van der Waals surface area contributed by atoms with Crippen LogP contribution in [0.4, 0.5) is 0 Å². The van der Waals surface area contributed by atoms with E-state index in [0.717, 1.165) is 5.56 Å². The highest BCUT2D eigenvalue weighted by Crippen LogP contribution is 2.39. The van der Waals surface area contributed by atoms with E-state index in [1.165, 1.54) is 0 Å². The van der Waals surface area contributed by atoms with Crippen molar-refractivity contribution >= 4 is 0 Å². The van der Waals surface area contributed by atoms with E-state index in [1.54, 1.807) is 18.6 Å². The van der Waals surface area contributed by atoms with Gasteiger partial charge in [0, 0.05) is 12.0 Å². The van der Waals surface area contributed by atoms with Gasteiger partial charge >= 0.3 is 0 Å². The molecule has 2 heterocycles. The van der Waals surface area contributed by atoms with Crippen molar-refractivity contribution in [2.24, 2.45) is 0 Å². The molecule has 0 aromatic carbocycles. The highest BCUT2D eigenvalue weighted by molar-refractivity contribution is 5.19. The second kappa shape index (κ2) is 2.59. The van der Waals surface area contributed by atoms with E-state index in [0.29, 0.717) is 13.0 Å². The van der Waals surface area contributed by atoms with Crippen LogP contribution in [0, 0.1) is 0 Å². The Bertz CT molecular complexity index is 289. The van der Waals surface area contributed by atoms with Crippen molar-refractivity contribution in [3.05, 3.63) is 24.2 Å². The zero-order valence-corrected chi connectivity index (χ0v) is 7.91. The zero-order valence-electron chi connectivity index (χ0n) is 7.91. The summed E-state index contributed by atoms with van der Waals surface area (Å²) in [6, 6.07) is 1.78. The fourth-order valence-electron chi connectivity index (χ4n) is 1.84. The molecule has 0 amide bonds. The molecule has 1 atom stereocenters. The molecule has 1 aliphatic heterocycles. The van der Waals surface area contributed by atoms with E-state index in [4.69, 9.17) is 9.15 Å². The van der Waals surface area contributed by atoms with Gasteiger partial charge in [-0.25, -0.2) is 0 Å². The first-order valence-electron chi connectivity index (χ1n) is 4.41. The summed E-state index contributed by atoms with van der Waals surface area (Å²) >= 11 is 0. The Kier molecular flexibility index (Phi) is 1.75. The van der Waals surface area contributed by atoms with Crippen LogP contribution in [-0.4, -0.2) is 17.3 Å². The molecule has 3 nitrogen and oxygen atoms in total. The topological polar surface area (TPSA) is 42.6 Å². The third-order valence-corrected chi connectivity index (χ3v) is 2.48. The standard InChI is InChI=1S/C10H14O3/c1-9(2)6-10(11,7-13-9)8-3-4-12-5-8/h3-5,11H,6-7H2,1-2H3. The highest BCUT2D eigenvalue weighted by Gasteiger charge is 2.44. The van der Waals surface area contributed by atoms with Crippen LogP contribution < -0.4 is 0 Å². The van der Waals surface area contributed by atoms with Gasteiger partial charge in [0.25, 0.3) is 0 Å². The highest BCUT2D eigenvalue weighted by atomic mass is 16.5. The van der Waals surface area contributed by atoms with Crippen molar-refractivity contribution in [3.63, 3.8) is 0 Å². The van der Waals surface area contributed by atoms with Gasteiger partial charge in [-0.2, -0.15) is 0 Å². The van der Waals surface area contributed by atoms with Crippen molar-refractivity contribution in [1.29, 1.82) is 0 Å². The van der Waals surface area contributed by atoms with Crippen LogP contribution in [0.3, 0.4) is 0 Å². The third-order valence-electron chi connectivity index (χ3n) is 2.48. The van der Waals surface area contributed by atoms with Crippen LogP contribution >= 0.6 is 0 Å². The summed E-state index contributed by atoms with van der Waals surface area (Å²) in [7, 11) is 0. The summed E-state index contributed by atoms with van der Waals surface area (Å²) in [5.41, 5.74) is -0.305. The van der Waals surface area contributed by atoms with Crippen LogP contribution in [-0.2, 0) is 10.3 Å². The molecule has 1 unspecified atom stereocenters. The van der Waals surface area contributed by atoms with Crippen LogP contribution in [0.1, 0.15) is 25.8 Å². The molecule has 0 bridgehead atoms. The monoisotopic (exact) mass is 182 g/mol. The molecule has 1 aromatic heterocycles. The lowest BCUT2D eigenvalue weighted by atomic mass is 9.89. The minimum atomic E-state index is -0.865. The summed E-state index contributed by atoms with van der Waals surface area (Å²) in [5.74, 6) is 0. The van der Waals surface area contributed by atoms with Crippen LogP contribution in [0.25, 0.3) is 0 Å². The average Bonchev–Trinajstić information content (AvgIpc) is 2.58. The van der Waals surface area contributed by atoms with Gasteiger partial charge in [0.15, 0.2) is 0 Å². The lowest BCUT2D eigenvalue weighted by molar-refractivity contribution is 0.00332. The fraction of sp³-hybridized carbons (Fsp3) is 0.600. The second-order valence-electron chi connectivity index (χ2n) is 4.27. The first-order valence-corrected chi connectivity index (χ1v) is 4.41. The van der Waals surface area contributed by atoms with Gasteiger partial charge in [-0.15, -0.1) is 0 Å². The molecular weight excluding hydrogens is 168 g/mol. The van der Waals surface area contributed by atoms with Crippen molar-refractivity contribution in [3.8, 4) is 0 Å². The van der Waals surface area contributed by atoms with Crippen LogP contribution in [0.2, 0.25) is 0 Å². The molecule has 0 spiro atoms. The summed E-state index contributed by atoms with van der Waals surface area (Å²) < 4.78 is 10.4. The summed E-state index contributed by atoms with van der Waals surface area (Å²) in [4.78, 5) is 0. The van der Waals surface area contributed by atoms with Gasteiger partial charge in [-0.05, 0) is 19.9 Å². The summed E-state index contributed by atoms with van der Waals surface area (Å²) in [6.07, 6.45) is 3.75. The predicted octanol–water partition coefficient (Wildman–Crippen LogP) is 1.67. The first-order chi connectivity index (χ1) is 6.02. The molecule has 2 rings (SSSR count). The third kappa shape index (κ3) is 1.49. The first kappa shape index (κ1) is 8.78. The van der Waals surface area contributed by atoms with Crippen molar-refractivity contribution in [2.45, 2.75) is 31.5 Å². The van der Waals surface area contributed by atoms with E-state index in [2.05, 4.69) is 0 Å². The number of furan rings is 1. The van der Waals surface area contributed by atoms with Gasteiger partial charge in [0.2, 0.25) is 0 Å². The van der Waals surface area contributed by atoms with Gasteiger partial charge in [-0.1, -0.05) is 0 Å². The molecule has 0 radical (unpaired) electrons. The molecule has 1 aromatic rings.